The first-order valence-corrected chi connectivity index (χ1v) is 3.07. The molecule has 0 bridgehead atoms. The summed E-state index contributed by atoms with van der Waals surface area (Å²) in [6.45, 7) is -1.26. The van der Waals surface area contributed by atoms with Crippen molar-refractivity contribution in [3.63, 3.8) is 0 Å². The first-order valence-electron chi connectivity index (χ1n) is 4.07. The predicted molar refractivity (Wildman–Crippen MR) is 37.2 cm³/mol. The van der Waals surface area contributed by atoms with Gasteiger partial charge in [-0.1, -0.05) is 0 Å². The molecule has 0 fully saturated rings. The molecule has 0 aliphatic heterocycles. The number of aliphatic hydroxyl groups is 5. The smallest absolute Gasteiger partial charge is 0.151 e. The first-order chi connectivity index (χ1) is 6.20. The highest BCUT2D eigenvalue weighted by Crippen LogP contribution is 2.02. The van der Waals surface area contributed by atoms with Crippen LogP contribution in [0.5, 0.6) is 0 Å². The minimum Gasteiger partial charge on any atom is -0.394 e. The average Bonchev–Trinajstić information content (AvgIpc) is 2.15. The fraction of sp³-hybridized carbons (Fsp3) is 0.833. The fourth-order valence-electron chi connectivity index (χ4n) is 0.489. The summed E-state index contributed by atoms with van der Waals surface area (Å²) in [6, 6.07) is 0. The van der Waals surface area contributed by atoms with Crippen LogP contribution in [0, 0.1) is 0 Å². The lowest BCUT2D eigenvalue weighted by molar-refractivity contribution is -0.136. The third-order valence-corrected chi connectivity index (χ3v) is 1.19. The summed E-state index contributed by atoms with van der Waals surface area (Å²) in [5, 5.41) is 44.2. The van der Waals surface area contributed by atoms with Gasteiger partial charge in [-0.25, -0.2) is 0 Å². The van der Waals surface area contributed by atoms with Crippen molar-refractivity contribution in [2.75, 3.05) is 6.61 Å². The van der Waals surface area contributed by atoms with Gasteiger partial charge in [-0.05, 0) is 0 Å². The Labute approximate surface area is 71.5 Å². The van der Waals surface area contributed by atoms with Crippen LogP contribution in [0.1, 0.15) is 2.74 Å². The van der Waals surface area contributed by atoms with Crippen molar-refractivity contribution in [3.8, 4) is 0 Å². The van der Waals surface area contributed by atoms with Gasteiger partial charge in [0.25, 0.3) is 0 Å². The molecule has 12 heavy (non-hydrogen) atoms. The SMILES string of the molecule is [2H][C@](O)([C@@H](O)[C@]([2H])(O)CO)[C@@H](O)C=O. The normalized spacial score (nSPS) is 28.8. The standard InChI is InChI=1S/C6H12O6/c7-1-3(9)5(11)6(12)4(10)2-8/h1,3-6,8-12H,2H2/t3-,4+,5+,6-/m0/s1/i4D,5D. The summed E-state index contributed by atoms with van der Waals surface area (Å²) in [7, 11) is 0. The van der Waals surface area contributed by atoms with Crippen LogP contribution in [0.25, 0.3) is 0 Å². The Balaban J connectivity index is 4.82. The van der Waals surface area contributed by atoms with Crippen LogP contribution in [-0.4, -0.2) is 62.8 Å². The molecule has 72 valence electrons. The zero-order valence-corrected chi connectivity index (χ0v) is 6.08. The molecule has 6 heteroatoms. The van der Waals surface area contributed by atoms with Gasteiger partial charge in [0, 0.05) is 0 Å². The van der Waals surface area contributed by atoms with Crippen LogP contribution in [0.3, 0.4) is 0 Å². The maximum Gasteiger partial charge on any atom is 0.151 e. The maximum absolute atomic E-state index is 10.0. The Kier molecular flexibility index (Phi) is 3.49. The lowest BCUT2D eigenvalue weighted by atomic mass is 10.0. The van der Waals surface area contributed by atoms with Crippen LogP contribution < -0.4 is 0 Å². The van der Waals surface area contributed by atoms with E-state index in [2.05, 4.69) is 0 Å². The topological polar surface area (TPSA) is 118 Å². The fourth-order valence-corrected chi connectivity index (χ4v) is 0.489. The van der Waals surface area contributed by atoms with Crippen molar-refractivity contribution < 1.29 is 33.1 Å². The van der Waals surface area contributed by atoms with Crippen LogP contribution in [-0.2, 0) is 4.79 Å². The third-order valence-electron chi connectivity index (χ3n) is 1.19. The molecule has 0 aromatic carbocycles. The molecule has 0 saturated carbocycles. The molecule has 0 spiro atoms. The molecule has 0 aliphatic carbocycles. The molecule has 0 aliphatic rings. The Morgan fingerprint density at radius 3 is 2.17 bits per heavy atom. The molecule has 0 saturated heterocycles. The van der Waals surface area contributed by atoms with E-state index in [1.54, 1.807) is 0 Å². The van der Waals surface area contributed by atoms with Gasteiger partial charge in [0.05, 0.1) is 9.35 Å². The summed E-state index contributed by atoms with van der Waals surface area (Å²) in [6.07, 6.45) is -11.1. The van der Waals surface area contributed by atoms with Gasteiger partial charge in [0.15, 0.2) is 6.29 Å². The third kappa shape index (κ3) is 2.84. The minimum atomic E-state index is -3.15. The number of hydrogen-bond acceptors (Lipinski definition) is 6. The van der Waals surface area contributed by atoms with Crippen LogP contribution in [0.2, 0.25) is 0 Å². The molecule has 0 radical (unpaired) electrons. The van der Waals surface area contributed by atoms with E-state index < -0.39 is 31.0 Å². The monoisotopic (exact) mass is 182 g/mol. The van der Waals surface area contributed by atoms with Crippen LogP contribution in [0.15, 0.2) is 0 Å². The maximum atomic E-state index is 10.0. The van der Waals surface area contributed by atoms with E-state index >= 15 is 0 Å². The lowest BCUT2D eigenvalue weighted by Gasteiger charge is -2.22. The highest BCUT2D eigenvalue weighted by atomic mass is 16.4. The van der Waals surface area contributed by atoms with E-state index in [0.717, 1.165) is 0 Å². The minimum absolute atomic E-state index is 0.232. The van der Waals surface area contributed by atoms with E-state index in [-0.39, 0.29) is 6.29 Å². The Morgan fingerprint density at radius 2 is 1.83 bits per heavy atom. The zero-order chi connectivity index (χ0) is 11.6. The highest BCUT2D eigenvalue weighted by Gasteiger charge is 2.29. The summed E-state index contributed by atoms with van der Waals surface area (Å²) in [5.41, 5.74) is 0. The van der Waals surface area contributed by atoms with Crippen molar-refractivity contribution in [2.24, 2.45) is 0 Å². The van der Waals surface area contributed by atoms with Gasteiger partial charge in [-0.15, -0.1) is 0 Å². The number of rotatable bonds is 5. The van der Waals surface area contributed by atoms with Crippen molar-refractivity contribution in [2.45, 2.75) is 24.4 Å². The van der Waals surface area contributed by atoms with E-state index in [1.807, 2.05) is 0 Å². The molecule has 0 amide bonds. The van der Waals surface area contributed by atoms with E-state index in [9.17, 15) is 4.79 Å². The molecule has 0 heterocycles. The van der Waals surface area contributed by atoms with Crippen molar-refractivity contribution >= 4 is 6.29 Å². The predicted octanol–water partition coefficient (Wildman–Crippen LogP) is -3.38. The number of carbonyl (C=O) groups excluding carboxylic acids is 1. The lowest BCUT2D eigenvalue weighted by Crippen LogP contribution is -2.46. The average molecular weight is 182 g/mol. The summed E-state index contributed by atoms with van der Waals surface area (Å²) in [5.74, 6) is 0. The second-order valence-electron chi connectivity index (χ2n) is 2.06. The quantitative estimate of drug-likeness (QED) is 0.283. The Hall–Kier alpha value is -0.530. The molecule has 0 rings (SSSR count). The second-order valence-corrected chi connectivity index (χ2v) is 2.06. The van der Waals surface area contributed by atoms with E-state index in [1.165, 1.54) is 0 Å². The van der Waals surface area contributed by atoms with E-state index in [0.29, 0.717) is 0 Å². The van der Waals surface area contributed by atoms with Gasteiger partial charge < -0.3 is 30.3 Å². The van der Waals surface area contributed by atoms with Crippen LogP contribution in [0.4, 0.5) is 0 Å². The molecule has 4 atom stereocenters. The Bertz CT molecular complexity index is 206. The number of aldehydes is 1. The molecule has 0 aromatic heterocycles. The largest absolute Gasteiger partial charge is 0.394 e. The van der Waals surface area contributed by atoms with Gasteiger partial charge in [0.2, 0.25) is 0 Å². The summed E-state index contributed by atoms with van der Waals surface area (Å²) < 4.78 is 13.8. The van der Waals surface area contributed by atoms with Gasteiger partial charge in [-0.3, -0.25) is 0 Å². The van der Waals surface area contributed by atoms with Crippen LogP contribution >= 0.6 is 0 Å². The van der Waals surface area contributed by atoms with Crippen molar-refractivity contribution in [1.29, 1.82) is 0 Å². The molecule has 0 aromatic rings. The zero-order valence-electron chi connectivity index (χ0n) is 8.08. The number of hydrogen-bond donors (Lipinski definition) is 5. The van der Waals surface area contributed by atoms with Crippen molar-refractivity contribution in [1.82, 2.24) is 0 Å². The molecular weight excluding hydrogens is 168 g/mol. The number of carbonyl (C=O) groups is 1. The molecule has 6 nitrogen and oxygen atoms in total. The van der Waals surface area contributed by atoms with Gasteiger partial charge >= 0.3 is 0 Å². The molecular formula is C6H12O6. The molecule has 5 N–H and O–H groups in total. The van der Waals surface area contributed by atoms with Gasteiger partial charge in [0.1, 0.15) is 24.4 Å². The number of aliphatic hydroxyl groups excluding tert-OH is 3. The Morgan fingerprint density at radius 1 is 1.33 bits per heavy atom. The van der Waals surface area contributed by atoms with Crippen molar-refractivity contribution in [3.05, 3.63) is 0 Å². The first kappa shape index (κ1) is 8.09. The summed E-state index contributed by atoms with van der Waals surface area (Å²) in [4.78, 5) is 10.0. The highest BCUT2D eigenvalue weighted by molar-refractivity contribution is 5.56. The van der Waals surface area contributed by atoms with E-state index in [4.69, 9.17) is 28.3 Å². The van der Waals surface area contributed by atoms with Gasteiger partial charge in [-0.2, -0.15) is 0 Å². The second kappa shape index (κ2) is 5.18. The molecule has 0 unspecified atom stereocenters. The summed E-state index contributed by atoms with van der Waals surface area (Å²) >= 11 is 0.